The number of rotatable bonds is 4. The van der Waals surface area contributed by atoms with E-state index >= 15 is 0 Å². The van der Waals surface area contributed by atoms with Crippen molar-refractivity contribution in [1.29, 1.82) is 0 Å². The summed E-state index contributed by atoms with van der Waals surface area (Å²) in [6.07, 6.45) is 4.05. The topological polar surface area (TPSA) is 3.24 Å². The quantitative estimate of drug-likeness (QED) is 0.597. The molecule has 4 heteroatoms. The van der Waals surface area contributed by atoms with Gasteiger partial charge in [-0.3, -0.25) is 4.90 Å². The van der Waals surface area contributed by atoms with Gasteiger partial charge in [-0.2, -0.15) is 0 Å². The molecule has 0 aliphatic rings. The first kappa shape index (κ1) is 20.1. The summed E-state index contributed by atoms with van der Waals surface area (Å²) in [7, 11) is 2.11. The van der Waals surface area contributed by atoms with Gasteiger partial charge in [-0.05, 0) is 45.5 Å². The number of hydrogen-bond donors (Lipinski definition) is 0. The highest BCUT2D eigenvalue weighted by molar-refractivity contribution is 7.17. The molecule has 1 aromatic heterocycles. The molecule has 0 atom stereocenters. The fraction of sp³-hybridized carbons (Fsp3) is 0.368. The predicted molar refractivity (Wildman–Crippen MR) is 107 cm³/mol. The van der Waals surface area contributed by atoms with Crippen molar-refractivity contribution in [3.8, 4) is 11.8 Å². The minimum atomic E-state index is 0. The van der Waals surface area contributed by atoms with Crippen molar-refractivity contribution in [2.24, 2.45) is 5.41 Å². The lowest BCUT2D eigenvalue weighted by atomic mass is 9.98. The van der Waals surface area contributed by atoms with E-state index in [1.54, 1.807) is 11.3 Å². The van der Waals surface area contributed by atoms with Gasteiger partial charge in [-0.25, -0.2) is 0 Å². The Morgan fingerprint density at radius 2 is 2.04 bits per heavy atom. The summed E-state index contributed by atoms with van der Waals surface area (Å²) in [5, 5.41) is 4.06. The lowest BCUT2D eigenvalue weighted by Gasteiger charge is -2.15. The first-order valence-electron chi connectivity index (χ1n) is 7.37. The third-order valence-electron chi connectivity index (χ3n) is 3.15. The van der Waals surface area contributed by atoms with E-state index in [0.717, 1.165) is 18.1 Å². The second-order valence-electron chi connectivity index (χ2n) is 6.49. The Morgan fingerprint density at radius 1 is 1.30 bits per heavy atom. The van der Waals surface area contributed by atoms with Crippen molar-refractivity contribution in [3.05, 3.63) is 46.3 Å². The number of nitrogens with zero attached hydrogens (tertiary/aromatic N) is 1. The summed E-state index contributed by atoms with van der Waals surface area (Å²) in [4.78, 5) is 2.26. The van der Waals surface area contributed by atoms with E-state index in [4.69, 9.17) is 11.6 Å². The maximum atomic E-state index is 6.31. The Hall–Kier alpha value is -0.980. The Labute approximate surface area is 154 Å². The van der Waals surface area contributed by atoms with Crippen molar-refractivity contribution in [2.75, 3.05) is 13.6 Å². The molecule has 23 heavy (non-hydrogen) atoms. The summed E-state index contributed by atoms with van der Waals surface area (Å²) >= 11 is 8.01. The molecule has 2 rings (SSSR count). The Kier molecular flexibility index (Phi) is 7.64. The molecule has 0 aliphatic carbocycles. The minimum Gasteiger partial charge on any atom is -0.298 e. The lowest BCUT2D eigenvalue weighted by Crippen LogP contribution is -2.17. The first-order valence-corrected chi connectivity index (χ1v) is 8.63. The van der Waals surface area contributed by atoms with Crippen LogP contribution in [0.5, 0.6) is 0 Å². The number of fused-ring (bicyclic) bond motifs is 1. The van der Waals surface area contributed by atoms with Crippen LogP contribution in [0.1, 0.15) is 26.3 Å². The van der Waals surface area contributed by atoms with Crippen molar-refractivity contribution in [1.82, 2.24) is 4.90 Å². The molecule has 0 radical (unpaired) electrons. The molecule has 1 aromatic carbocycles. The van der Waals surface area contributed by atoms with Crippen molar-refractivity contribution < 1.29 is 0 Å². The zero-order chi connectivity index (χ0) is 16.2. The Bertz CT molecular complexity index is 729. The zero-order valence-electron chi connectivity index (χ0n) is 14.0. The van der Waals surface area contributed by atoms with Crippen LogP contribution in [-0.2, 0) is 6.54 Å². The van der Waals surface area contributed by atoms with Crippen LogP contribution in [0.25, 0.3) is 10.1 Å². The minimum absolute atomic E-state index is 0. The van der Waals surface area contributed by atoms with E-state index in [-0.39, 0.29) is 17.8 Å². The normalized spacial score (nSPS) is 11.6. The lowest BCUT2D eigenvalue weighted by molar-refractivity contribution is 0.365. The molecule has 0 aliphatic heterocycles. The SMILES string of the molecule is CN(C/C=C/C#CC(C)(C)C)Cc1cccc2scc(Cl)c12.Cl. The molecule has 0 saturated heterocycles. The first-order chi connectivity index (χ1) is 10.4. The summed E-state index contributed by atoms with van der Waals surface area (Å²) in [5.41, 5.74) is 1.34. The van der Waals surface area contributed by atoms with E-state index in [1.807, 2.05) is 11.5 Å². The molecule has 0 fully saturated rings. The van der Waals surface area contributed by atoms with Crippen molar-refractivity contribution >= 4 is 45.4 Å². The molecule has 0 spiro atoms. The van der Waals surface area contributed by atoms with Gasteiger partial charge in [-0.1, -0.05) is 41.7 Å². The summed E-state index contributed by atoms with van der Waals surface area (Å²) in [6.45, 7) is 8.10. The molecular weight excluding hydrogens is 345 g/mol. The number of allylic oxidation sites excluding steroid dienone is 1. The molecule has 124 valence electrons. The highest BCUT2D eigenvalue weighted by Gasteiger charge is 2.08. The smallest absolute Gasteiger partial charge is 0.0594 e. The second-order valence-corrected chi connectivity index (χ2v) is 7.81. The third-order valence-corrected chi connectivity index (χ3v) is 4.52. The molecule has 1 heterocycles. The maximum Gasteiger partial charge on any atom is 0.0594 e. The molecule has 1 nitrogen and oxygen atoms in total. The van der Waals surface area contributed by atoms with Gasteiger partial charge in [0.1, 0.15) is 0 Å². The fourth-order valence-corrected chi connectivity index (χ4v) is 3.43. The van der Waals surface area contributed by atoms with Gasteiger partial charge >= 0.3 is 0 Å². The second kappa shape index (κ2) is 8.76. The van der Waals surface area contributed by atoms with E-state index in [1.165, 1.54) is 15.6 Å². The molecule has 2 aromatic rings. The monoisotopic (exact) mass is 367 g/mol. The van der Waals surface area contributed by atoms with Crippen LogP contribution in [0, 0.1) is 17.3 Å². The van der Waals surface area contributed by atoms with E-state index in [0.29, 0.717) is 0 Å². The Balaban J connectivity index is 0.00000264. The Morgan fingerprint density at radius 3 is 2.74 bits per heavy atom. The highest BCUT2D eigenvalue weighted by atomic mass is 35.5. The van der Waals surface area contributed by atoms with E-state index in [2.05, 4.69) is 68.8 Å². The predicted octanol–water partition coefficient (Wildman–Crippen LogP) is 6.01. The highest BCUT2D eigenvalue weighted by Crippen LogP contribution is 2.33. The molecule has 0 amide bonds. The number of hydrogen-bond acceptors (Lipinski definition) is 2. The van der Waals surface area contributed by atoms with Crippen LogP contribution in [0.15, 0.2) is 35.7 Å². The van der Waals surface area contributed by atoms with Gasteiger partial charge in [0, 0.05) is 34.0 Å². The van der Waals surface area contributed by atoms with Gasteiger partial charge in [0.15, 0.2) is 0 Å². The largest absolute Gasteiger partial charge is 0.298 e. The maximum absolute atomic E-state index is 6.31. The molecule has 0 saturated carbocycles. The zero-order valence-corrected chi connectivity index (χ0v) is 16.4. The van der Waals surface area contributed by atoms with Crippen molar-refractivity contribution in [3.63, 3.8) is 0 Å². The number of thiophene rings is 1. The van der Waals surface area contributed by atoms with Crippen LogP contribution in [-0.4, -0.2) is 18.5 Å². The van der Waals surface area contributed by atoms with Crippen LogP contribution >= 0.6 is 35.3 Å². The molecule has 0 bridgehead atoms. The third kappa shape index (κ3) is 6.20. The summed E-state index contributed by atoms with van der Waals surface area (Å²) < 4.78 is 1.25. The fourth-order valence-electron chi connectivity index (χ4n) is 2.16. The van der Waals surface area contributed by atoms with Gasteiger partial charge < -0.3 is 0 Å². The van der Waals surface area contributed by atoms with Crippen LogP contribution in [0.4, 0.5) is 0 Å². The van der Waals surface area contributed by atoms with Gasteiger partial charge in [-0.15, -0.1) is 23.7 Å². The van der Waals surface area contributed by atoms with Crippen molar-refractivity contribution in [2.45, 2.75) is 27.3 Å². The van der Waals surface area contributed by atoms with E-state index < -0.39 is 0 Å². The van der Waals surface area contributed by atoms with Gasteiger partial charge in [0.25, 0.3) is 0 Å². The number of likely N-dealkylation sites (N-methyl/N-ethyl adjacent to an activating group) is 1. The molecular formula is C19H23Cl2NS. The number of benzene rings is 1. The summed E-state index contributed by atoms with van der Waals surface area (Å²) in [5.74, 6) is 6.30. The number of halogens is 2. The van der Waals surface area contributed by atoms with Gasteiger partial charge in [0.05, 0.1) is 5.02 Å². The molecule has 0 unspecified atom stereocenters. The van der Waals surface area contributed by atoms with Crippen LogP contribution in [0.3, 0.4) is 0 Å². The van der Waals surface area contributed by atoms with Crippen LogP contribution < -0.4 is 0 Å². The van der Waals surface area contributed by atoms with Gasteiger partial charge in [0.2, 0.25) is 0 Å². The van der Waals surface area contributed by atoms with E-state index in [9.17, 15) is 0 Å². The standard InChI is InChI=1S/C19H22ClNS.ClH/c1-19(2,3)11-6-5-7-12-21(4)13-15-9-8-10-17-18(15)16(20)14-22-17;/h5,7-10,14H,12-13H2,1-4H3;1H/b7-5+;. The summed E-state index contributed by atoms with van der Waals surface area (Å²) in [6, 6.07) is 6.38. The average Bonchev–Trinajstić information content (AvgIpc) is 2.80. The van der Waals surface area contributed by atoms with Crippen LogP contribution in [0.2, 0.25) is 5.02 Å². The average molecular weight is 368 g/mol. The molecule has 0 N–H and O–H groups in total.